The summed E-state index contributed by atoms with van der Waals surface area (Å²) in [5.41, 5.74) is 4.02. The van der Waals surface area contributed by atoms with Crippen molar-refractivity contribution in [1.29, 1.82) is 0 Å². The van der Waals surface area contributed by atoms with Crippen LogP contribution in [-0.2, 0) is 17.7 Å². The van der Waals surface area contributed by atoms with E-state index in [1.54, 1.807) is 24.3 Å². The van der Waals surface area contributed by atoms with Gasteiger partial charge in [-0.2, -0.15) is 0 Å². The van der Waals surface area contributed by atoms with E-state index in [0.29, 0.717) is 36.3 Å². The fraction of sp³-hybridized carbons (Fsp3) is 0.269. The van der Waals surface area contributed by atoms with Gasteiger partial charge in [-0.05, 0) is 41.8 Å². The molecule has 1 amide bonds. The monoisotopic (exact) mass is 484 g/mol. The maximum Gasteiger partial charge on any atom is 0.335 e. The molecule has 2 fully saturated rings. The van der Waals surface area contributed by atoms with Crippen molar-refractivity contribution in [2.75, 3.05) is 18.1 Å². The summed E-state index contributed by atoms with van der Waals surface area (Å²) in [4.78, 5) is 39.7. The minimum atomic E-state index is -0.980. The van der Waals surface area contributed by atoms with Gasteiger partial charge in [0.05, 0.1) is 30.0 Å². The molecule has 6 rings (SSSR count). The molecule has 4 aromatic rings. The molecule has 2 unspecified atom stereocenters. The van der Waals surface area contributed by atoms with Crippen molar-refractivity contribution in [3.05, 3.63) is 89.1 Å². The molecule has 2 bridgehead atoms. The van der Waals surface area contributed by atoms with Crippen LogP contribution in [0.15, 0.2) is 61.2 Å². The second kappa shape index (κ2) is 9.04. The van der Waals surface area contributed by atoms with Gasteiger partial charge in [0, 0.05) is 49.9 Å². The van der Waals surface area contributed by atoms with Crippen molar-refractivity contribution in [1.82, 2.24) is 24.7 Å². The Morgan fingerprint density at radius 3 is 2.58 bits per heavy atom. The minimum Gasteiger partial charge on any atom is -0.478 e. The predicted molar refractivity (Wildman–Crippen MR) is 130 cm³/mol. The number of aromatic nitrogens is 4. The van der Waals surface area contributed by atoms with Gasteiger partial charge in [0.25, 0.3) is 5.91 Å². The zero-order chi connectivity index (χ0) is 24.6. The second-order valence-electron chi connectivity index (χ2n) is 9.16. The summed E-state index contributed by atoms with van der Waals surface area (Å²) in [6, 6.07) is 10.3. The number of fused-ring (bicyclic) bond motifs is 3. The molecule has 0 spiro atoms. The number of nitrogens with one attached hydrogen (secondary N) is 1. The normalized spacial score (nSPS) is 18.6. The SMILES string of the molecule is O=C(O)c1ccc(CNC(=O)c2ccn3cc(Cc4cnc(N5CC6CC5CO6)nc4)nc3c2)cc1. The van der Waals surface area contributed by atoms with Gasteiger partial charge in [0.1, 0.15) is 5.65 Å². The highest BCUT2D eigenvalue weighted by Crippen LogP contribution is 2.30. The second-order valence-corrected chi connectivity index (χ2v) is 9.16. The largest absolute Gasteiger partial charge is 0.478 e. The number of imidazole rings is 1. The Labute approximate surface area is 206 Å². The van der Waals surface area contributed by atoms with E-state index in [-0.39, 0.29) is 11.5 Å². The maximum absolute atomic E-state index is 12.7. The van der Waals surface area contributed by atoms with E-state index in [2.05, 4.69) is 25.2 Å². The Morgan fingerprint density at radius 2 is 1.89 bits per heavy atom. The van der Waals surface area contributed by atoms with Gasteiger partial charge >= 0.3 is 5.97 Å². The number of anilines is 1. The van der Waals surface area contributed by atoms with Crippen LogP contribution in [0.5, 0.6) is 0 Å². The molecule has 5 heterocycles. The molecule has 10 nitrogen and oxygen atoms in total. The van der Waals surface area contributed by atoms with Crippen molar-refractivity contribution in [2.45, 2.75) is 31.5 Å². The zero-order valence-electron chi connectivity index (χ0n) is 19.4. The van der Waals surface area contributed by atoms with Crippen LogP contribution in [0.2, 0.25) is 0 Å². The molecule has 2 N–H and O–H groups in total. The van der Waals surface area contributed by atoms with Crippen molar-refractivity contribution < 1.29 is 19.4 Å². The van der Waals surface area contributed by atoms with Crippen LogP contribution < -0.4 is 10.2 Å². The fourth-order valence-electron chi connectivity index (χ4n) is 4.75. The number of carboxylic acids is 1. The Morgan fingerprint density at radius 1 is 1.08 bits per heavy atom. The van der Waals surface area contributed by atoms with Gasteiger partial charge in [-0.3, -0.25) is 4.79 Å². The summed E-state index contributed by atoms with van der Waals surface area (Å²) >= 11 is 0. The van der Waals surface area contributed by atoms with Crippen LogP contribution in [0, 0.1) is 0 Å². The smallest absolute Gasteiger partial charge is 0.335 e. The molecule has 36 heavy (non-hydrogen) atoms. The summed E-state index contributed by atoms with van der Waals surface area (Å²) in [6.07, 6.45) is 9.38. The highest BCUT2D eigenvalue weighted by atomic mass is 16.5. The van der Waals surface area contributed by atoms with Crippen molar-refractivity contribution in [3.63, 3.8) is 0 Å². The molecule has 10 heteroatoms. The quantitative estimate of drug-likeness (QED) is 0.410. The summed E-state index contributed by atoms with van der Waals surface area (Å²) < 4.78 is 7.53. The van der Waals surface area contributed by atoms with Crippen LogP contribution in [0.4, 0.5) is 5.95 Å². The van der Waals surface area contributed by atoms with Crippen molar-refractivity contribution in [3.8, 4) is 0 Å². The summed E-state index contributed by atoms with van der Waals surface area (Å²) in [7, 11) is 0. The van der Waals surface area contributed by atoms with E-state index in [1.807, 2.05) is 29.2 Å². The standard InChI is InChI=1S/C26H24N6O4/c33-24(27-10-16-1-3-18(4-2-16)25(34)35)19-5-6-31-13-20(30-23(31)8-19)7-17-11-28-26(29-12-17)32-14-22-9-21(32)15-36-22/h1-6,8,11-13,21-22H,7,9-10,14-15H2,(H,27,33)(H,34,35). The number of ether oxygens (including phenoxy) is 1. The Bertz CT molecular complexity index is 1430. The van der Waals surface area contributed by atoms with Crippen LogP contribution in [0.3, 0.4) is 0 Å². The average Bonchev–Trinajstić information content (AvgIpc) is 3.63. The molecule has 0 saturated carbocycles. The molecular weight excluding hydrogens is 460 g/mol. The van der Waals surface area contributed by atoms with Gasteiger partial charge in [-0.15, -0.1) is 0 Å². The van der Waals surface area contributed by atoms with Crippen LogP contribution >= 0.6 is 0 Å². The molecule has 182 valence electrons. The number of carbonyl (C=O) groups excluding carboxylic acids is 1. The van der Waals surface area contributed by atoms with E-state index in [0.717, 1.165) is 42.3 Å². The Hall–Kier alpha value is -4.31. The lowest BCUT2D eigenvalue weighted by molar-refractivity contribution is 0.0696. The molecule has 2 aliphatic heterocycles. The first-order chi connectivity index (χ1) is 17.5. The van der Waals surface area contributed by atoms with Gasteiger partial charge in [0.15, 0.2) is 0 Å². The first-order valence-corrected chi connectivity index (χ1v) is 11.8. The van der Waals surface area contributed by atoms with Crippen molar-refractivity contribution >= 4 is 23.5 Å². The number of aromatic carboxylic acids is 1. The number of amides is 1. The lowest BCUT2D eigenvalue weighted by Crippen LogP contribution is -2.38. The Balaban J connectivity index is 1.09. The van der Waals surface area contributed by atoms with Crippen LogP contribution in [0.1, 0.15) is 44.0 Å². The Kier molecular flexibility index (Phi) is 5.57. The number of hydrogen-bond acceptors (Lipinski definition) is 7. The summed E-state index contributed by atoms with van der Waals surface area (Å²) in [5, 5.41) is 11.9. The molecule has 2 aliphatic rings. The highest BCUT2D eigenvalue weighted by molar-refractivity contribution is 5.95. The number of benzene rings is 1. The van der Waals surface area contributed by atoms with Gasteiger partial charge in [0.2, 0.25) is 5.95 Å². The van der Waals surface area contributed by atoms with Crippen LogP contribution in [-0.4, -0.2) is 61.6 Å². The number of carboxylic acid groups (broad SMARTS) is 1. The molecule has 3 aromatic heterocycles. The van der Waals surface area contributed by atoms with Gasteiger partial charge in [-0.1, -0.05) is 12.1 Å². The molecular formula is C26H24N6O4. The predicted octanol–water partition coefficient (Wildman–Crippen LogP) is 2.32. The van der Waals surface area contributed by atoms with Gasteiger partial charge < -0.3 is 24.5 Å². The van der Waals surface area contributed by atoms with Gasteiger partial charge in [-0.25, -0.2) is 19.7 Å². The third kappa shape index (κ3) is 4.38. The first kappa shape index (κ1) is 22.2. The number of nitrogens with zero attached hydrogens (tertiary/aromatic N) is 5. The summed E-state index contributed by atoms with van der Waals surface area (Å²) in [5.74, 6) is -0.459. The van der Waals surface area contributed by atoms with E-state index in [4.69, 9.17) is 9.84 Å². The zero-order valence-corrected chi connectivity index (χ0v) is 19.4. The number of pyridine rings is 1. The highest BCUT2D eigenvalue weighted by Gasteiger charge is 2.40. The number of rotatable bonds is 7. The topological polar surface area (TPSA) is 122 Å². The van der Waals surface area contributed by atoms with E-state index < -0.39 is 5.97 Å². The molecule has 2 saturated heterocycles. The third-order valence-corrected chi connectivity index (χ3v) is 6.66. The third-order valence-electron chi connectivity index (χ3n) is 6.66. The number of hydrogen-bond donors (Lipinski definition) is 2. The van der Waals surface area contributed by atoms with E-state index >= 15 is 0 Å². The molecule has 0 aliphatic carbocycles. The van der Waals surface area contributed by atoms with E-state index in [1.165, 1.54) is 12.1 Å². The maximum atomic E-state index is 12.7. The van der Waals surface area contributed by atoms with E-state index in [9.17, 15) is 9.59 Å². The molecule has 1 aromatic carbocycles. The minimum absolute atomic E-state index is 0.210. The lowest BCUT2D eigenvalue weighted by atomic mass is 10.1. The fourth-order valence-corrected chi connectivity index (χ4v) is 4.75. The lowest BCUT2D eigenvalue weighted by Gasteiger charge is -2.26. The molecule has 0 radical (unpaired) electrons. The first-order valence-electron chi connectivity index (χ1n) is 11.8. The van der Waals surface area contributed by atoms with Crippen molar-refractivity contribution in [2.24, 2.45) is 0 Å². The number of carbonyl (C=O) groups is 2. The van der Waals surface area contributed by atoms with Crippen LogP contribution in [0.25, 0.3) is 5.65 Å². The average molecular weight is 485 g/mol. The molecule has 2 atom stereocenters. The summed E-state index contributed by atoms with van der Waals surface area (Å²) in [6.45, 7) is 1.89. The number of morpholine rings is 1.